The molecule has 2 bridgehead atoms. The van der Waals surface area contributed by atoms with Gasteiger partial charge in [-0.05, 0) is 63.7 Å². The van der Waals surface area contributed by atoms with Gasteiger partial charge in [0.15, 0.2) is 0 Å². The summed E-state index contributed by atoms with van der Waals surface area (Å²) >= 11 is 0. The Kier molecular flexibility index (Phi) is 3.18. The van der Waals surface area contributed by atoms with Crippen molar-refractivity contribution in [1.82, 2.24) is 0 Å². The van der Waals surface area contributed by atoms with Crippen LogP contribution in [0.4, 0.5) is 0 Å². The summed E-state index contributed by atoms with van der Waals surface area (Å²) in [6.45, 7) is 3.26. The highest BCUT2D eigenvalue weighted by Crippen LogP contribution is 2.62. The maximum Gasteiger partial charge on any atom is 0.302 e. The molecular weight excluding hydrogens is 240 g/mol. The van der Waals surface area contributed by atoms with E-state index < -0.39 is 0 Å². The van der Waals surface area contributed by atoms with Gasteiger partial charge in [0.1, 0.15) is 11.9 Å². The number of fused-ring (bicyclic) bond motifs is 1. The lowest BCUT2D eigenvalue weighted by Crippen LogP contribution is -2.48. The van der Waals surface area contributed by atoms with Gasteiger partial charge in [-0.3, -0.25) is 9.59 Å². The summed E-state index contributed by atoms with van der Waals surface area (Å²) in [6, 6.07) is 0. The first-order chi connectivity index (χ1) is 9.03. The van der Waals surface area contributed by atoms with Gasteiger partial charge in [0, 0.05) is 18.3 Å². The molecule has 3 saturated carbocycles. The third-order valence-electron chi connectivity index (χ3n) is 6.08. The van der Waals surface area contributed by atoms with Gasteiger partial charge in [-0.25, -0.2) is 0 Å². The molecule has 0 saturated heterocycles. The van der Waals surface area contributed by atoms with E-state index in [2.05, 4.69) is 0 Å². The number of carbonyl (C=O) groups excluding carboxylic acids is 2. The van der Waals surface area contributed by atoms with Crippen LogP contribution in [-0.2, 0) is 14.3 Å². The van der Waals surface area contributed by atoms with E-state index in [1.165, 1.54) is 26.2 Å². The van der Waals surface area contributed by atoms with Crippen LogP contribution in [0.1, 0.15) is 58.8 Å². The standard InChI is InChI=1S/C16H24O3/c1-10(17)14-7-8-16-9-12(14)3-4-13(16)5-6-15(16)19-11(2)18/h12-15H,3-9H2,1-2H3. The number of hydrogen-bond donors (Lipinski definition) is 0. The molecule has 3 fully saturated rings. The molecule has 3 aliphatic rings. The highest BCUT2D eigenvalue weighted by Gasteiger charge is 2.57. The smallest absolute Gasteiger partial charge is 0.302 e. The van der Waals surface area contributed by atoms with Gasteiger partial charge in [0.05, 0.1) is 0 Å². The minimum Gasteiger partial charge on any atom is -0.462 e. The Hall–Kier alpha value is -0.860. The maximum absolute atomic E-state index is 11.8. The van der Waals surface area contributed by atoms with Crippen LogP contribution < -0.4 is 0 Å². The number of carbonyl (C=O) groups is 2. The summed E-state index contributed by atoms with van der Waals surface area (Å²) < 4.78 is 5.63. The average molecular weight is 264 g/mol. The molecular formula is C16H24O3. The Morgan fingerprint density at radius 3 is 2.47 bits per heavy atom. The van der Waals surface area contributed by atoms with Crippen LogP contribution in [0.3, 0.4) is 0 Å². The second kappa shape index (κ2) is 4.60. The molecule has 0 aromatic heterocycles. The molecule has 0 amide bonds. The van der Waals surface area contributed by atoms with E-state index in [0.717, 1.165) is 31.6 Å². The van der Waals surface area contributed by atoms with Gasteiger partial charge in [0.2, 0.25) is 0 Å². The fourth-order valence-corrected chi connectivity index (χ4v) is 5.31. The molecule has 0 aliphatic heterocycles. The van der Waals surface area contributed by atoms with Gasteiger partial charge >= 0.3 is 5.97 Å². The highest BCUT2D eigenvalue weighted by atomic mass is 16.5. The molecule has 0 aromatic carbocycles. The number of Topliss-reactive ketones (excluding diaryl/α,β-unsaturated/α-hetero) is 1. The van der Waals surface area contributed by atoms with Crippen molar-refractivity contribution in [2.24, 2.45) is 23.2 Å². The van der Waals surface area contributed by atoms with Gasteiger partial charge in [-0.2, -0.15) is 0 Å². The highest BCUT2D eigenvalue weighted by molar-refractivity contribution is 5.78. The lowest BCUT2D eigenvalue weighted by Gasteiger charge is -2.51. The third kappa shape index (κ3) is 2.02. The Morgan fingerprint density at radius 2 is 1.79 bits per heavy atom. The summed E-state index contributed by atoms with van der Waals surface area (Å²) in [5.74, 6) is 1.75. The van der Waals surface area contributed by atoms with Crippen LogP contribution >= 0.6 is 0 Å². The van der Waals surface area contributed by atoms with Crippen LogP contribution in [0.5, 0.6) is 0 Å². The molecule has 5 atom stereocenters. The molecule has 3 heteroatoms. The summed E-state index contributed by atoms with van der Waals surface area (Å²) in [6.07, 6.45) is 7.97. The van der Waals surface area contributed by atoms with Gasteiger partial charge in [0.25, 0.3) is 0 Å². The second-order valence-corrected chi connectivity index (χ2v) is 6.90. The van der Waals surface area contributed by atoms with Crippen LogP contribution in [0.15, 0.2) is 0 Å². The zero-order chi connectivity index (χ0) is 13.6. The van der Waals surface area contributed by atoms with Gasteiger partial charge < -0.3 is 4.74 Å². The molecule has 5 unspecified atom stereocenters. The van der Waals surface area contributed by atoms with E-state index in [-0.39, 0.29) is 23.4 Å². The molecule has 0 aromatic rings. The van der Waals surface area contributed by atoms with Crippen molar-refractivity contribution in [2.45, 2.75) is 64.9 Å². The van der Waals surface area contributed by atoms with Crippen molar-refractivity contribution in [2.75, 3.05) is 0 Å². The predicted molar refractivity (Wildman–Crippen MR) is 71.5 cm³/mol. The predicted octanol–water partition coefficient (Wildman–Crippen LogP) is 3.11. The largest absolute Gasteiger partial charge is 0.462 e. The van der Waals surface area contributed by atoms with Crippen molar-refractivity contribution in [3.8, 4) is 0 Å². The minimum absolute atomic E-state index is 0.116. The Labute approximate surface area is 115 Å². The zero-order valence-electron chi connectivity index (χ0n) is 12.0. The number of ketones is 1. The van der Waals surface area contributed by atoms with E-state index in [0.29, 0.717) is 11.7 Å². The van der Waals surface area contributed by atoms with E-state index >= 15 is 0 Å². The first-order valence-corrected chi connectivity index (χ1v) is 7.70. The Bertz CT molecular complexity index is 403. The Morgan fingerprint density at radius 1 is 1.05 bits per heavy atom. The molecule has 0 N–H and O–H groups in total. The molecule has 0 heterocycles. The summed E-state index contributed by atoms with van der Waals surface area (Å²) in [5, 5.41) is 0. The molecule has 0 radical (unpaired) electrons. The topological polar surface area (TPSA) is 43.4 Å². The van der Waals surface area contributed by atoms with Gasteiger partial charge in [-0.1, -0.05) is 0 Å². The number of esters is 1. The Balaban J connectivity index is 1.83. The first-order valence-electron chi connectivity index (χ1n) is 7.70. The van der Waals surface area contributed by atoms with Crippen molar-refractivity contribution in [1.29, 1.82) is 0 Å². The summed E-state index contributed by atoms with van der Waals surface area (Å²) in [7, 11) is 0. The maximum atomic E-state index is 11.8. The van der Waals surface area contributed by atoms with Crippen LogP contribution in [-0.4, -0.2) is 17.9 Å². The molecule has 19 heavy (non-hydrogen) atoms. The lowest BCUT2D eigenvalue weighted by molar-refractivity contribution is -0.160. The SMILES string of the molecule is CC(=O)OC1CCC2CCC3CC21CCC3C(C)=O. The summed E-state index contributed by atoms with van der Waals surface area (Å²) in [5.41, 5.74) is 0.209. The number of rotatable bonds is 2. The van der Waals surface area contributed by atoms with E-state index in [4.69, 9.17) is 4.74 Å². The fourth-order valence-electron chi connectivity index (χ4n) is 5.31. The van der Waals surface area contributed by atoms with Crippen LogP contribution in [0, 0.1) is 23.2 Å². The average Bonchev–Trinajstić information content (AvgIpc) is 2.66. The third-order valence-corrected chi connectivity index (χ3v) is 6.08. The lowest BCUT2D eigenvalue weighted by atomic mass is 9.54. The van der Waals surface area contributed by atoms with Crippen molar-refractivity contribution in [3.63, 3.8) is 0 Å². The van der Waals surface area contributed by atoms with Crippen molar-refractivity contribution >= 4 is 11.8 Å². The monoisotopic (exact) mass is 264 g/mol. The number of ether oxygens (including phenoxy) is 1. The zero-order valence-corrected chi connectivity index (χ0v) is 12.0. The van der Waals surface area contributed by atoms with Gasteiger partial charge in [-0.15, -0.1) is 0 Å². The normalized spacial score (nSPS) is 44.5. The van der Waals surface area contributed by atoms with Crippen LogP contribution in [0.25, 0.3) is 0 Å². The van der Waals surface area contributed by atoms with Crippen molar-refractivity contribution in [3.05, 3.63) is 0 Å². The van der Waals surface area contributed by atoms with Crippen LogP contribution in [0.2, 0.25) is 0 Å². The van der Waals surface area contributed by atoms with E-state index in [1.54, 1.807) is 6.92 Å². The van der Waals surface area contributed by atoms with E-state index in [1.807, 2.05) is 0 Å². The quantitative estimate of drug-likeness (QED) is 0.720. The minimum atomic E-state index is -0.143. The second-order valence-electron chi connectivity index (χ2n) is 6.90. The molecule has 3 aliphatic carbocycles. The van der Waals surface area contributed by atoms with Crippen molar-refractivity contribution < 1.29 is 14.3 Å². The molecule has 3 nitrogen and oxygen atoms in total. The first kappa shape index (κ1) is 13.1. The number of hydrogen-bond acceptors (Lipinski definition) is 3. The van der Waals surface area contributed by atoms with E-state index in [9.17, 15) is 9.59 Å². The molecule has 1 spiro atoms. The summed E-state index contributed by atoms with van der Waals surface area (Å²) in [4.78, 5) is 23.1. The molecule has 3 rings (SSSR count). The fraction of sp³-hybridized carbons (Fsp3) is 0.875. The molecule has 106 valence electrons.